The highest BCUT2D eigenvalue weighted by atomic mass is 35.5. The van der Waals surface area contributed by atoms with Crippen LogP contribution in [-0.2, 0) is 14.6 Å². The quantitative estimate of drug-likeness (QED) is 0.831. The third-order valence-corrected chi connectivity index (χ3v) is 6.44. The minimum absolute atomic E-state index is 0. The lowest BCUT2D eigenvalue weighted by Gasteiger charge is -2.34. The second kappa shape index (κ2) is 7.55. The van der Waals surface area contributed by atoms with E-state index in [0.717, 1.165) is 11.9 Å². The number of hydrogen-bond acceptors (Lipinski definition) is 5. The van der Waals surface area contributed by atoms with Crippen LogP contribution in [0.5, 0.6) is 0 Å². The Kier molecular flexibility index (Phi) is 5.87. The van der Waals surface area contributed by atoms with Crippen molar-refractivity contribution in [2.24, 2.45) is 0 Å². The topological polar surface area (TPSA) is 93.1 Å². The Morgan fingerprint density at radius 1 is 1.24 bits per heavy atom. The van der Waals surface area contributed by atoms with Crippen molar-refractivity contribution in [3.05, 3.63) is 42.7 Å². The van der Waals surface area contributed by atoms with Crippen molar-refractivity contribution in [1.29, 1.82) is 0 Å². The van der Waals surface area contributed by atoms with Gasteiger partial charge in [-0.3, -0.25) is 4.79 Å². The molecule has 1 amide bonds. The molecule has 9 heteroatoms. The van der Waals surface area contributed by atoms with Gasteiger partial charge in [0.2, 0.25) is 5.91 Å². The molecule has 0 spiro atoms. The molecule has 0 saturated carbocycles. The van der Waals surface area contributed by atoms with E-state index < -0.39 is 20.5 Å². The van der Waals surface area contributed by atoms with Crippen molar-refractivity contribution in [2.45, 2.75) is 17.6 Å². The smallest absolute Gasteiger partial charge is 0.245 e. The van der Waals surface area contributed by atoms with Gasteiger partial charge in [-0.15, -0.1) is 12.4 Å². The number of benzene rings is 1. The molecule has 3 rings (SSSR count). The normalized spacial score (nSPS) is 16.7. The van der Waals surface area contributed by atoms with Crippen molar-refractivity contribution < 1.29 is 13.2 Å². The van der Waals surface area contributed by atoms with E-state index in [2.05, 4.69) is 15.7 Å². The lowest BCUT2D eigenvalue weighted by Crippen LogP contribution is -2.55. The molecule has 0 atom stereocenters. The van der Waals surface area contributed by atoms with Gasteiger partial charge in [0.05, 0.1) is 5.69 Å². The van der Waals surface area contributed by atoms with Gasteiger partial charge in [-0.1, -0.05) is 0 Å². The molecule has 2 N–H and O–H groups in total. The number of amides is 1. The van der Waals surface area contributed by atoms with Gasteiger partial charge in [-0.2, -0.15) is 5.10 Å². The monoisotopic (exact) mass is 384 g/mol. The summed E-state index contributed by atoms with van der Waals surface area (Å²) in [5.74, 6) is -0.460. The van der Waals surface area contributed by atoms with E-state index in [-0.39, 0.29) is 25.2 Å². The first-order valence-corrected chi connectivity index (χ1v) is 9.63. The molecule has 25 heavy (non-hydrogen) atoms. The first-order valence-electron chi connectivity index (χ1n) is 7.74. The van der Waals surface area contributed by atoms with Crippen LogP contribution in [0.25, 0.3) is 5.69 Å². The third-order valence-electron chi connectivity index (χ3n) is 4.43. The molecule has 0 aliphatic carbocycles. The maximum atomic E-state index is 12.7. The highest BCUT2D eigenvalue weighted by Crippen LogP contribution is 2.29. The van der Waals surface area contributed by atoms with Gasteiger partial charge in [0, 0.05) is 24.3 Å². The summed E-state index contributed by atoms with van der Waals surface area (Å²) < 4.78 is 24.8. The Labute approximate surface area is 153 Å². The molecule has 136 valence electrons. The number of carbonyl (C=O) groups is 1. The average molecular weight is 385 g/mol. The molecular weight excluding hydrogens is 364 g/mol. The number of aromatic nitrogens is 2. The molecule has 1 fully saturated rings. The van der Waals surface area contributed by atoms with E-state index in [1.54, 1.807) is 23.0 Å². The Bertz CT molecular complexity index is 814. The zero-order valence-electron chi connectivity index (χ0n) is 13.8. The molecule has 1 saturated heterocycles. The number of carbonyl (C=O) groups excluding carboxylic acids is 1. The van der Waals surface area contributed by atoms with Gasteiger partial charge in [0.1, 0.15) is 0 Å². The van der Waals surface area contributed by atoms with Crippen molar-refractivity contribution in [3.8, 4) is 5.69 Å². The van der Waals surface area contributed by atoms with Crippen LogP contribution < -0.4 is 10.6 Å². The van der Waals surface area contributed by atoms with E-state index in [0.29, 0.717) is 18.8 Å². The summed E-state index contributed by atoms with van der Waals surface area (Å²) in [6, 6.07) is 8.94. The van der Waals surface area contributed by atoms with Gasteiger partial charge in [-0.25, -0.2) is 13.1 Å². The first kappa shape index (κ1) is 19.4. The zero-order valence-corrected chi connectivity index (χ0v) is 15.4. The number of halogens is 1. The van der Waals surface area contributed by atoms with Gasteiger partial charge < -0.3 is 10.6 Å². The van der Waals surface area contributed by atoms with Gasteiger partial charge in [0.25, 0.3) is 0 Å². The summed E-state index contributed by atoms with van der Waals surface area (Å²) in [4.78, 5) is 12.7. The SMILES string of the molecule is CS(=O)(=O)C1(C(=O)Nc2ccc(-n3cccn3)cc2)CCNCC1.Cl. The van der Waals surface area contributed by atoms with Crippen molar-refractivity contribution >= 4 is 33.8 Å². The van der Waals surface area contributed by atoms with Crippen LogP contribution in [0.3, 0.4) is 0 Å². The number of anilines is 1. The molecule has 1 aromatic carbocycles. The van der Waals surface area contributed by atoms with Crippen LogP contribution in [0.2, 0.25) is 0 Å². The average Bonchev–Trinajstić information content (AvgIpc) is 3.09. The fourth-order valence-corrected chi connectivity index (χ4v) is 4.29. The summed E-state index contributed by atoms with van der Waals surface area (Å²) in [6.07, 6.45) is 5.20. The second-order valence-electron chi connectivity index (χ2n) is 5.97. The summed E-state index contributed by atoms with van der Waals surface area (Å²) in [5.41, 5.74) is 1.43. The van der Waals surface area contributed by atoms with Crippen LogP contribution in [0.15, 0.2) is 42.7 Å². The van der Waals surface area contributed by atoms with Crippen LogP contribution in [0.4, 0.5) is 5.69 Å². The lowest BCUT2D eigenvalue weighted by atomic mass is 9.95. The van der Waals surface area contributed by atoms with Crippen molar-refractivity contribution in [3.63, 3.8) is 0 Å². The summed E-state index contributed by atoms with van der Waals surface area (Å²) >= 11 is 0. The molecule has 2 heterocycles. The van der Waals surface area contributed by atoms with Crippen LogP contribution in [0.1, 0.15) is 12.8 Å². The predicted molar refractivity (Wildman–Crippen MR) is 99.1 cm³/mol. The fraction of sp³-hybridized carbons (Fsp3) is 0.375. The fourth-order valence-electron chi connectivity index (χ4n) is 2.96. The number of sulfone groups is 1. The van der Waals surface area contributed by atoms with Crippen LogP contribution in [0, 0.1) is 0 Å². The molecule has 7 nitrogen and oxygen atoms in total. The summed E-state index contributed by atoms with van der Waals surface area (Å²) in [6.45, 7) is 1.03. The Morgan fingerprint density at radius 3 is 2.40 bits per heavy atom. The standard InChI is InChI=1S/C16H20N4O3S.ClH/c1-24(22,23)16(7-10-17-11-8-16)15(21)19-13-3-5-14(6-4-13)20-12-2-9-18-20;/h2-6,9,12,17H,7-8,10-11H2,1H3,(H,19,21);1H. The molecule has 0 radical (unpaired) electrons. The van der Waals surface area contributed by atoms with Crippen LogP contribution >= 0.6 is 12.4 Å². The van der Waals surface area contributed by atoms with E-state index in [1.165, 1.54) is 0 Å². The van der Waals surface area contributed by atoms with Crippen molar-refractivity contribution in [1.82, 2.24) is 15.1 Å². The highest BCUT2D eigenvalue weighted by Gasteiger charge is 2.48. The molecule has 1 aliphatic rings. The van der Waals surface area contributed by atoms with E-state index >= 15 is 0 Å². The Hall–Kier alpha value is -1.90. The third kappa shape index (κ3) is 3.86. The molecule has 1 aromatic heterocycles. The maximum Gasteiger partial charge on any atom is 0.245 e. The van der Waals surface area contributed by atoms with Gasteiger partial charge in [0.15, 0.2) is 14.6 Å². The largest absolute Gasteiger partial charge is 0.325 e. The van der Waals surface area contributed by atoms with Crippen molar-refractivity contribution in [2.75, 3.05) is 24.7 Å². The number of piperidine rings is 1. The lowest BCUT2D eigenvalue weighted by molar-refractivity contribution is -0.119. The van der Waals surface area contributed by atoms with E-state index in [1.807, 2.05) is 24.4 Å². The number of rotatable bonds is 4. The van der Waals surface area contributed by atoms with E-state index in [4.69, 9.17) is 0 Å². The first-order chi connectivity index (χ1) is 11.4. The number of hydrogen-bond donors (Lipinski definition) is 2. The molecule has 0 unspecified atom stereocenters. The molecule has 2 aromatic rings. The predicted octanol–water partition coefficient (Wildman–Crippen LogP) is 1.40. The maximum absolute atomic E-state index is 12.7. The number of nitrogens with one attached hydrogen (secondary N) is 2. The van der Waals surface area contributed by atoms with Gasteiger partial charge >= 0.3 is 0 Å². The van der Waals surface area contributed by atoms with E-state index in [9.17, 15) is 13.2 Å². The minimum atomic E-state index is -3.52. The zero-order chi connectivity index (χ0) is 17.2. The Morgan fingerprint density at radius 2 is 1.88 bits per heavy atom. The van der Waals surface area contributed by atoms with Gasteiger partial charge in [-0.05, 0) is 56.3 Å². The molecule has 0 bridgehead atoms. The Balaban J connectivity index is 0.00000225. The number of nitrogens with zero attached hydrogens (tertiary/aromatic N) is 2. The van der Waals surface area contributed by atoms with Crippen LogP contribution in [-0.4, -0.2) is 48.2 Å². The molecule has 1 aliphatic heterocycles. The summed E-state index contributed by atoms with van der Waals surface area (Å²) in [5, 5.41) is 9.99. The minimum Gasteiger partial charge on any atom is -0.325 e. The molecular formula is C16H21ClN4O3S. The summed E-state index contributed by atoms with van der Waals surface area (Å²) in [7, 11) is -3.52. The highest BCUT2D eigenvalue weighted by molar-refractivity contribution is 7.92. The second-order valence-corrected chi connectivity index (χ2v) is 8.29.